The van der Waals surface area contributed by atoms with Gasteiger partial charge >= 0.3 is 12.1 Å². The van der Waals surface area contributed by atoms with Crippen molar-refractivity contribution in [3.05, 3.63) is 15.6 Å². The molecule has 1 N–H and O–H groups in total. The first-order chi connectivity index (χ1) is 9.38. The molecule has 3 nitrogen and oxygen atoms in total. The minimum Gasteiger partial charge on any atom is -0.477 e. The van der Waals surface area contributed by atoms with Crippen molar-refractivity contribution in [2.45, 2.75) is 51.1 Å². The molecule has 112 valence electrons. The van der Waals surface area contributed by atoms with Gasteiger partial charge in [0, 0.05) is 0 Å². The maximum Gasteiger partial charge on any atom is 0.435 e. The lowest BCUT2D eigenvalue weighted by Crippen LogP contribution is -2.11. The second-order valence-corrected chi connectivity index (χ2v) is 6.21. The molecule has 20 heavy (non-hydrogen) atoms. The van der Waals surface area contributed by atoms with Gasteiger partial charge in [-0.1, -0.05) is 32.1 Å². The molecular weight excluding hydrogens is 291 g/mol. The second-order valence-electron chi connectivity index (χ2n) is 5.13. The Balaban J connectivity index is 2.06. The Labute approximate surface area is 118 Å². The summed E-state index contributed by atoms with van der Waals surface area (Å²) in [5.41, 5.74) is -1.26. The van der Waals surface area contributed by atoms with Gasteiger partial charge in [-0.15, -0.1) is 11.3 Å². The lowest BCUT2D eigenvalue weighted by molar-refractivity contribution is -0.141. The maximum absolute atomic E-state index is 12.7. The van der Waals surface area contributed by atoms with Crippen LogP contribution in [0.5, 0.6) is 0 Å². The minimum atomic E-state index is -4.70. The predicted molar refractivity (Wildman–Crippen MR) is 69.0 cm³/mol. The average Bonchev–Trinajstić information content (AvgIpc) is 2.82. The summed E-state index contributed by atoms with van der Waals surface area (Å²) in [6, 6.07) is 0. The molecule has 1 aliphatic rings. The maximum atomic E-state index is 12.7. The van der Waals surface area contributed by atoms with Crippen LogP contribution in [0.25, 0.3) is 0 Å². The van der Waals surface area contributed by atoms with Gasteiger partial charge < -0.3 is 5.11 Å². The number of rotatable bonds is 4. The van der Waals surface area contributed by atoms with Crippen LogP contribution in [0.2, 0.25) is 0 Å². The highest BCUT2D eigenvalue weighted by atomic mass is 32.1. The molecule has 0 saturated heterocycles. The Kier molecular flexibility index (Phi) is 4.67. The summed E-state index contributed by atoms with van der Waals surface area (Å²) in [4.78, 5) is 13.7. The molecule has 2 rings (SSSR count). The van der Waals surface area contributed by atoms with Crippen molar-refractivity contribution in [3.8, 4) is 0 Å². The number of carboxylic acid groups (broad SMARTS) is 1. The van der Waals surface area contributed by atoms with Crippen molar-refractivity contribution in [1.82, 2.24) is 4.98 Å². The van der Waals surface area contributed by atoms with E-state index in [1.165, 1.54) is 19.3 Å². The molecule has 0 bridgehead atoms. The Morgan fingerprint density at radius 3 is 2.45 bits per heavy atom. The van der Waals surface area contributed by atoms with E-state index in [0.29, 0.717) is 23.7 Å². The molecule has 0 unspecified atom stereocenters. The highest BCUT2D eigenvalue weighted by Gasteiger charge is 2.39. The molecule has 0 aromatic carbocycles. The van der Waals surface area contributed by atoms with Gasteiger partial charge in [0.1, 0.15) is 4.88 Å². The van der Waals surface area contributed by atoms with E-state index in [0.717, 1.165) is 19.3 Å². The van der Waals surface area contributed by atoms with E-state index in [1.54, 1.807) is 0 Å². The molecule has 0 amide bonds. The number of nitrogens with zero attached hydrogens (tertiary/aromatic N) is 1. The van der Waals surface area contributed by atoms with E-state index < -0.39 is 22.7 Å². The summed E-state index contributed by atoms with van der Waals surface area (Å²) >= 11 is 0.652. The normalized spacial score (nSPS) is 17.4. The molecule has 1 aromatic heterocycles. The van der Waals surface area contributed by atoms with Crippen LogP contribution < -0.4 is 0 Å². The smallest absolute Gasteiger partial charge is 0.435 e. The Bertz CT molecular complexity index is 478. The van der Waals surface area contributed by atoms with Crippen LogP contribution in [-0.2, 0) is 12.6 Å². The lowest BCUT2D eigenvalue weighted by Gasteiger charge is -2.20. The second kappa shape index (κ2) is 6.11. The van der Waals surface area contributed by atoms with Crippen molar-refractivity contribution < 1.29 is 23.1 Å². The van der Waals surface area contributed by atoms with Crippen molar-refractivity contribution in [1.29, 1.82) is 0 Å². The Morgan fingerprint density at radius 2 is 1.95 bits per heavy atom. The van der Waals surface area contributed by atoms with E-state index in [9.17, 15) is 18.0 Å². The summed E-state index contributed by atoms with van der Waals surface area (Å²) in [6.07, 6.45) is 2.35. The number of alkyl halides is 3. The average molecular weight is 307 g/mol. The van der Waals surface area contributed by atoms with Gasteiger partial charge in [0.2, 0.25) is 0 Å². The molecule has 1 heterocycles. The van der Waals surface area contributed by atoms with Crippen LogP contribution in [0, 0.1) is 5.92 Å². The van der Waals surface area contributed by atoms with Gasteiger partial charge in [-0.2, -0.15) is 13.2 Å². The van der Waals surface area contributed by atoms with Gasteiger partial charge in [-0.05, 0) is 18.8 Å². The van der Waals surface area contributed by atoms with Gasteiger partial charge in [-0.25, -0.2) is 9.78 Å². The van der Waals surface area contributed by atoms with Crippen molar-refractivity contribution >= 4 is 17.3 Å². The van der Waals surface area contributed by atoms with Gasteiger partial charge in [0.05, 0.1) is 5.01 Å². The zero-order chi connectivity index (χ0) is 14.8. The van der Waals surface area contributed by atoms with Gasteiger partial charge in [-0.3, -0.25) is 0 Å². The summed E-state index contributed by atoms with van der Waals surface area (Å²) in [6.45, 7) is 0. The number of aryl methyl sites for hydroxylation is 1. The van der Waals surface area contributed by atoms with Gasteiger partial charge in [0.25, 0.3) is 0 Å². The third-order valence-corrected chi connectivity index (χ3v) is 4.73. The van der Waals surface area contributed by atoms with Crippen LogP contribution in [0.3, 0.4) is 0 Å². The predicted octanol–water partition coefficient (Wildman–Crippen LogP) is 4.37. The fourth-order valence-electron chi connectivity index (χ4n) is 2.61. The number of thiazole rings is 1. The van der Waals surface area contributed by atoms with E-state index in [2.05, 4.69) is 4.98 Å². The molecule has 0 spiro atoms. The van der Waals surface area contributed by atoms with E-state index in [4.69, 9.17) is 5.11 Å². The number of aromatic carboxylic acids is 1. The molecule has 1 fully saturated rings. The Morgan fingerprint density at radius 1 is 1.30 bits per heavy atom. The van der Waals surface area contributed by atoms with Crippen LogP contribution >= 0.6 is 11.3 Å². The highest BCUT2D eigenvalue weighted by molar-refractivity contribution is 7.13. The summed E-state index contributed by atoms with van der Waals surface area (Å²) < 4.78 is 38.1. The summed E-state index contributed by atoms with van der Waals surface area (Å²) in [5, 5.41) is 9.11. The largest absolute Gasteiger partial charge is 0.477 e. The first-order valence-electron chi connectivity index (χ1n) is 6.68. The molecule has 1 aliphatic carbocycles. The highest BCUT2D eigenvalue weighted by Crippen LogP contribution is 2.35. The molecule has 0 atom stereocenters. The topological polar surface area (TPSA) is 50.2 Å². The molecule has 1 aromatic rings. The standard InChI is InChI=1S/C13H16F3NO2S/c14-13(15,16)11-10(12(18)19)20-9(17-11)7-6-8-4-2-1-3-5-8/h8H,1-7H2,(H,18,19). The SMILES string of the molecule is O=C(O)c1sc(CCC2CCCCC2)nc1C(F)(F)F. The minimum absolute atomic E-state index is 0.278. The first kappa shape index (κ1) is 15.3. The number of hydrogen-bond donors (Lipinski definition) is 1. The number of halogens is 3. The fraction of sp³-hybridized carbons (Fsp3) is 0.692. The monoisotopic (exact) mass is 307 g/mol. The van der Waals surface area contributed by atoms with E-state index in [-0.39, 0.29) is 5.01 Å². The van der Waals surface area contributed by atoms with Crippen LogP contribution in [0.1, 0.15) is 58.9 Å². The van der Waals surface area contributed by atoms with Crippen LogP contribution in [0.4, 0.5) is 13.2 Å². The Hall–Kier alpha value is -1.11. The first-order valence-corrected chi connectivity index (χ1v) is 7.49. The third kappa shape index (κ3) is 3.71. The molecule has 0 radical (unpaired) electrons. The molecule has 0 aliphatic heterocycles. The third-order valence-electron chi connectivity index (χ3n) is 3.63. The van der Waals surface area contributed by atoms with Crippen LogP contribution in [0.15, 0.2) is 0 Å². The zero-order valence-corrected chi connectivity index (χ0v) is 11.7. The van der Waals surface area contributed by atoms with Crippen molar-refractivity contribution in [2.75, 3.05) is 0 Å². The quantitative estimate of drug-likeness (QED) is 0.898. The molecular formula is C13H16F3NO2S. The summed E-state index contributed by atoms with van der Waals surface area (Å²) in [5.74, 6) is -1.02. The number of aromatic nitrogens is 1. The van der Waals surface area contributed by atoms with Crippen molar-refractivity contribution in [2.24, 2.45) is 5.92 Å². The zero-order valence-electron chi connectivity index (χ0n) is 10.9. The summed E-state index contributed by atoms with van der Waals surface area (Å²) in [7, 11) is 0. The fourth-order valence-corrected chi connectivity index (χ4v) is 3.55. The van der Waals surface area contributed by atoms with Crippen molar-refractivity contribution in [3.63, 3.8) is 0 Å². The van der Waals surface area contributed by atoms with E-state index in [1.807, 2.05) is 0 Å². The van der Waals surface area contributed by atoms with E-state index >= 15 is 0 Å². The number of carbonyl (C=O) groups is 1. The number of hydrogen-bond acceptors (Lipinski definition) is 3. The lowest BCUT2D eigenvalue weighted by atomic mass is 9.86. The van der Waals surface area contributed by atoms with Crippen LogP contribution in [-0.4, -0.2) is 16.1 Å². The molecule has 1 saturated carbocycles. The van der Waals surface area contributed by atoms with Gasteiger partial charge in [0.15, 0.2) is 5.69 Å². The number of carboxylic acids is 1. The molecule has 7 heteroatoms.